The van der Waals surface area contributed by atoms with E-state index in [0.717, 1.165) is 27.9 Å². The van der Waals surface area contributed by atoms with E-state index >= 15 is 0 Å². The molecule has 0 atom stereocenters. The highest BCUT2D eigenvalue weighted by Gasteiger charge is 2.15. The number of pyridine rings is 1. The average Bonchev–Trinajstić information content (AvgIpc) is 3.09. The van der Waals surface area contributed by atoms with Crippen LogP contribution in [0, 0.1) is 19.7 Å². The Labute approximate surface area is 175 Å². The van der Waals surface area contributed by atoms with Crippen molar-refractivity contribution in [3.05, 3.63) is 71.2 Å². The van der Waals surface area contributed by atoms with Crippen LogP contribution in [0.4, 0.5) is 4.39 Å². The topological polar surface area (TPSA) is 76.6 Å². The number of H-pyrrole nitrogens is 1. The van der Waals surface area contributed by atoms with Crippen LogP contribution in [-0.2, 0) is 0 Å². The average molecular weight is 420 g/mol. The van der Waals surface area contributed by atoms with Crippen molar-refractivity contribution in [3.8, 4) is 22.9 Å². The van der Waals surface area contributed by atoms with Gasteiger partial charge in [-0.1, -0.05) is 11.6 Å². The van der Waals surface area contributed by atoms with Crippen LogP contribution in [0.5, 0.6) is 11.8 Å². The van der Waals surface area contributed by atoms with Gasteiger partial charge in [0, 0.05) is 40.5 Å². The molecule has 148 valence electrons. The monoisotopic (exact) mass is 419 g/mol. The molecular weight excluding hydrogens is 405 g/mol. The van der Waals surface area contributed by atoms with Gasteiger partial charge in [-0.3, -0.25) is 4.98 Å². The van der Waals surface area contributed by atoms with Crippen LogP contribution in [0.1, 0.15) is 11.5 Å². The predicted molar refractivity (Wildman–Crippen MR) is 113 cm³/mol. The maximum absolute atomic E-state index is 14.9. The van der Waals surface area contributed by atoms with Crippen LogP contribution < -0.4 is 4.74 Å². The molecule has 0 fully saturated rings. The number of benzene rings is 2. The van der Waals surface area contributed by atoms with E-state index in [1.54, 1.807) is 42.7 Å². The molecule has 6 nitrogen and oxygen atoms in total. The van der Waals surface area contributed by atoms with Gasteiger partial charge in [0.05, 0.1) is 27.8 Å². The Kier molecular flexibility index (Phi) is 4.33. The van der Waals surface area contributed by atoms with E-state index in [2.05, 4.69) is 24.9 Å². The lowest BCUT2D eigenvalue weighted by Crippen LogP contribution is -1.94. The minimum absolute atomic E-state index is 0.220. The first-order valence-corrected chi connectivity index (χ1v) is 9.58. The number of aryl methyl sites for hydroxylation is 2. The zero-order valence-electron chi connectivity index (χ0n) is 16.1. The molecule has 2 aromatic carbocycles. The lowest BCUT2D eigenvalue weighted by Gasteiger charge is -2.10. The molecule has 1 N–H and O–H groups in total. The lowest BCUT2D eigenvalue weighted by atomic mass is 10.0. The molecule has 0 aliphatic carbocycles. The van der Waals surface area contributed by atoms with Crippen LogP contribution in [-0.4, -0.2) is 24.9 Å². The Morgan fingerprint density at radius 1 is 1.00 bits per heavy atom. The summed E-state index contributed by atoms with van der Waals surface area (Å²) in [5, 5.41) is 1.09. The molecular formula is C22H15ClFN5O. The van der Waals surface area contributed by atoms with Crippen molar-refractivity contribution in [3.63, 3.8) is 0 Å². The van der Waals surface area contributed by atoms with E-state index in [1.165, 1.54) is 6.07 Å². The molecule has 5 aromatic rings. The quantitative estimate of drug-likeness (QED) is 0.401. The minimum Gasteiger partial charge on any atom is -0.424 e. The van der Waals surface area contributed by atoms with Crippen molar-refractivity contribution < 1.29 is 9.13 Å². The minimum atomic E-state index is -0.417. The van der Waals surface area contributed by atoms with Crippen molar-refractivity contribution in [1.82, 2.24) is 24.9 Å². The Hall–Kier alpha value is -3.58. The van der Waals surface area contributed by atoms with E-state index < -0.39 is 5.82 Å². The number of rotatable bonds is 3. The van der Waals surface area contributed by atoms with Gasteiger partial charge in [-0.15, -0.1) is 0 Å². The second-order valence-electron chi connectivity index (χ2n) is 6.92. The first kappa shape index (κ1) is 18.4. The van der Waals surface area contributed by atoms with Crippen LogP contribution in [0.25, 0.3) is 33.1 Å². The second kappa shape index (κ2) is 7.03. The number of nitrogens with one attached hydrogen (secondary N) is 1. The van der Waals surface area contributed by atoms with Gasteiger partial charge in [0.25, 0.3) is 0 Å². The molecule has 0 unspecified atom stereocenters. The molecule has 3 heterocycles. The van der Waals surface area contributed by atoms with E-state index in [-0.39, 0.29) is 6.01 Å². The van der Waals surface area contributed by atoms with E-state index in [1.807, 2.05) is 13.8 Å². The molecule has 0 saturated heterocycles. The van der Waals surface area contributed by atoms with Gasteiger partial charge >= 0.3 is 6.01 Å². The summed E-state index contributed by atoms with van der Waals surface area (Å²) in [6, 6.07) is 10.1. The summed E-state index contributed by atoms with van der Waals surface area (Å²) in [4.78, 5) is 20.3. The number of ether oxygens (including phenoxy) is 1. The number of aromatic nitrogens is 5. The third kappa shape index (κ3) is 3.23. The Morgan fingerprint density at radius 3 is 2.67 bits per heavy atom. The fourth-order valence-electron chi connectivity index (χ4n) is 3.37. The number of aromatic amines is 1. The molecule has 0 saturated carbocycles. The van der Waals surface area contributed by atoms with Crippen molar-refractivity contribution in [2.75, 3.05) is 0 Å². The van der Waals surface area contributed by atoms with Gasteiger partial charge in [0.2, 0.25) is 0 Å². The third-order valence-electron chi connectivity index (χ3n) is 4.74. The Morgan fingerprint density at radius 2 is 1.87 bits per heavy atom. The van der Waals surface area contributed by atoms with Gasteiger partial charge < -0.3 is 9.72 Å². The smallest absolute Gasteiger partial charge is 0.322 e. The standard InChI is InChI=1S/C22H15ClFN5O/c1-11-5-6-25-22(27-11)30-13-3-4-14(17(23)7-13)15-8-16-19(9-18(15)24)26-10-20-21(16)29-12(2)28-20/h3-10H,1-2H3,(H,28,29). The largest absolute Gasteiger partial charge is 0.424 e. The molecule has 0 spiro atoms. The summed E-state index contributed by atoms with van der Waals surface area (Å²) >= 11 is 6.48. The van der Waals surface area contributed by atoms with Gasteiger partial charge in [-0.25, -0.2) is 19.3 Å². The fourth-order valence-corrected chi connectivity index (χ4v) is 3.64. The molecule has 0 aliphatic rings. The third-order valence-corrected chi connectivity index (χ3v) is 5.05. The van der Waals surface area contributed by atoms with Gasteiger partial charge in [0.15, 0.2) is 0 Å². The van der Waals surface area contributed by atoms with Crippen LogP contribution in [0.15, 0.2) is 48.8 Å². The number of hydrogen-bond donors (Lipinski definition) is 1. The maximum atomic E-state index is 14.9. The Balaban J connectivity index is 1.59. The zero-order valence-corrected chi connectivity index (χ0v) is 16.8. The summed E-state index contributed by atoms with van der Waals surface area (Å²) in [7, 11) is 0. The molecule has 3 aromatic heterocycles. The van der Waals surface area contributed by atoms with Crippen molar-refractivity contribution in [2.24, 2.45) is 0 Å². The SMILES string of the molecule is Cc1ccnc(Oc2ccc(-c3cc4c(cc3F)ncc3[nH]c(C)nc34)c(Cl)c2)n1. The number of hydrogen-bond acceptors (Lipinski definition) is 5. The van der Waals surface area contributed by atoms with Gasteiger partial charge in [-0.05, 0) is 38.1 Å². The maximum Gasteiger partial charge on any atom is 0.322 e. The van der Waals surface area contributed by atoms with Gasteiger partial charge in [-0.2, -0.15) is 0 Å². The molecule has 0 amide bonds. The lowest BCUT2D eigenvalue weighted by molar-refractivity contribution is 0.440. The van der Waals surface area contributed by atoms with Crippen molar-refractivity contribution in [2.45, 2.75) is 13.8 Å². The van der Waals surface area contributed by atoms with Crippen LogP contribution >= 0.6 is 11.6 Å². The van der Waals surface area contributed by atoms with Crippen molar-refractivity contribution >= 4 is 33.5 Å². The highest BCUT2D eigenvalue weighted by atomic mass is 35.5. The number of fused-ring (bicyclic) bond motifs is 3. The summed E-state index contributed by atoms with van der Waals surface area (Å²) in [5.74, 6) is 0.810. The van der Waals surface area contributed by atoms with E-state index in [4.69, 9.17) is 16.3 Å². The van der Waals surface area contributed by atoms with Crippen molar-refractivity contribution in [1.29, 1.82) is 0 Å². The number of imidazole rings is 1. The summed E-state index contributed by atoms with van der Waals surface area (Å²) in [6.45, 7) is 3.71. The summed E-state index contributed by atoms with van der Waals surface area (Å²) < 4.78 is 20.6. The molecule has 0 radical (unpaired) electrons. The van der Waals surface area contributed by atoms with Crippen LogP contribution in [0.3, 0.4) is 0 Å². The number of nitrogens with zero attached hydrogens (tertiary/aromatic N) is 4. The summed E-state index contributed by atoms with van der Waals surface area (Å²) in [5.41, 5.74) is 3.76. The Bertz CT molecular complexity index is 1430. The molecule has 0 aliphatic heterocycles. The normalized spacial score (nSPS) is 11.3. The predicted octanol–water partition coefficient (Wildman–Crippen LogP) is 5.77. The highest BCUT2D eigenvalue weighted by molar-refractivity contribution is 6.33. The summed E-state index contributed by atoms with van der Waals surface area (Å²) in [6.07, 6.45) is 3.27. The number of halogens is 2. The zero-order chi connectivity index (χ0) is 20.8. The molecule has 0 bridgehead atoms. The van der Waals surface area contributed by atoms with E-state index in [0.29, 0.717) is 27.4 Å². The highest BCUT2D eigenvalue weighted by Crippen LogP contribution is 2.36. The first-order chi connectivity index (χ1) is 14.5. The molecule has 30 heavy (non-hydrogen) atoms. The van der Waals surface area contributed by atoms with Gasteiger partial charge in [0.1, 0.15) is 17.4 Å². The second-order valence-corrected chi connectivity index (χ2v) is 7.32. The van der Waals surface area contributed by atoms with E-state index in [9.17, 15) is 4.39 Å². The first-order valence-electron chi connectivity index (χ1n) is 9.20. The molecule has 5 rings (SSSR count). The fraction of sp³-hybridized carbons (Fsp3) is 0.0909. The molecule has 8 heteroatoms. The van der Waals surface area contributed by atoms with Crippen LogP contribution in [0.2, 0.25) is 5.02 Å².